The molecule has 4 rings (SSSR count). The molecule has 208 valence electrons. The lowest BCUT2D eigenvalue weighted by molar-refractivity contribution is -0.143. The maximum absolute atomic E-state index is 13.8. The summed E-state index contributed by atoms with van der Waals surface area (Å²) in [6.07, 6.45) is 3.69. The second-order valence-electron chi connectivity index (χ2n) is 8.81. The second kappa shape index (κ2) is 13.8. The molecule has 0 radical (unpaired) electrons. The number of anilines is 1. The number of rotatable bonds is 10. The van der Waals surface area contributed by atoms with Gasteiger partial charge in [-0.15, -0.1) is 0 Å². The van der Waals surface area contributed by atoms with Gasteiger partial charge in [0.2, 0.25) is 0 Å². The average molecular weight is 671 g/mol. The van der Waals surface area contributed by atoms with Crippen LogP contribution in [0, 0.1) is 3.57 Å². The van der Waals surface area contributed by atoms with E-state index in [4.69, 9.17) is 14.5 Å². The molecule has 0 unspecified atom stereocenters. The minimum atomic E-state index is -0.486. The van der Waals surface area contributed by atoms with Gasteiger partial charge < -0.3 is 14.2 Å². The van der Waals surface area contributed by atoms with Crippen molar-refractivity contribution in [2.75, 3.05) is 25.2 Å². The minimum absolute atomic E-state index is 0.155. The van der Waals surface area contributed by atoms with E-state index in [1.165, 1.54) is 30.0 Å². The summed E-state index contributed by atoms with van der Waals surface area (Å²) in [6, 6.07) is 19.7. The van der Waals surface area contributed by atoms with Crippen LogP contribution in [0.4, 0.5) is 11.4 Å². The highest BCUT2D eigenvalue weighted by Gasteiger charge is 2.35. The number of amidine groups is 1. The van der Waals surface area contributed by atoms with Gasteiger partial charge in [0.05, 0.1) is 33.6 Å². The van der Waals surface area contributed by atoms with Crippen molar-refractivity contribution in [1.82, 2.24) is 0 Å². The number of carbonyl (C=O) groups is 2. The normalized spacial score (nSPS) is 15.1. The molecular formula is C31H31IN2O5S. The minimum Gasteiger partial charge on any atom is -0.490 e. The molecule has 0 bridgehead atoms. The first kappa shape index (κ1) is 29.7. The Labute approximate surface area is 252 Å². The third-order valence-electron chi connectivity index (χ3n) is 6.17. The number of aryl methyl sites for hydroxylation is 2. The highest BCUT2D eigenvalue weighted by molar-refractivity contribution is 14.1. The molecule has 9 heteroatoms. The van der Waals surface area contributed by atoms with E-state index < -0.39 is 5.97 Å². The van der Waals surface area contributed by atoms with Crippen molar-refractivity contribution in [3.63, 3.8) is 0 Å². The van der Waals surface area contributed by atoms with Crippen molar-refractivity contribution >= 4 is 68.8 Å². The first-order valence-corrected chi connectivity index (χ1v) is 14.9. The van der Waals surface area contributed by atoms with Crippen molar-refractivity contribution in [3.8, 4) is 11.5 Å². The number of thioether (sulfide) groups is 1. The zero-order chi connectivity index (χ0) is 28.6. The van der Waals surface area contributed by atoms with Gasteiger partial charge in [-0.2, -0.15) is 0 Å². The molecule has 1 aliphatic rings. The number of halogens is 1. The van der Waals surface area contributed by atoms with Gasteiger partial charge in [-0.3, -0.25) is 9.69 Å². The van der Waals surface area contributed by atoms with E-state index in [1.807, 2.05) is 55.5 Å². The predicted octanol–water partition coefficient (Wildman–Crippen LogP) is 7.18. The van der Waals surface area contributed by atoms with Gasteiger partial charge >= 0.3 is 5.97 Å². The van der Waals surface area contributed by atoms with Crippen molar-refractivity contribution in [1.29, 1.82) is 0 Å². The van der Waals surface area contributed by atoms with Crippen LogP contribution in [-0.4, -0.2) is 37.4 Å². The fraction of sp³-hybridized carbons (Fsp3) is 0.258. The maximum Gasteiger partial charge on any atom is 0.343 e. The largest absolute Gasteiger partial charge is 0.490 e. The molecule has 0 aliphatic carbocycles. The predicted molar refractivity (Wildman–Crippen MR) is 170 cm³/mol. The first-order chi connectivity index (χ1) is 19.4. The van der Waals surface area contributed by atoms with Crippen molar-refractivity contribution in [2.24, 2.45) is 4.99 Å². The van der Waals surface area contributed by atoms with Gasteiger partial charge in [-0.1, -0.05) is 38.1 Å². The molecule has 1 fully saturated rings. The molecule has 3 aromatic rings. The van der Waals surface area contributed by atoms with Crippen LogP contribution in [-0.2, 0) is 27.2 Å². The van der Waals surface area contributed by atoms with Crippen molar-refractivity contribution in [2.45, 2.75) is 33.6 Å². The van der Waals surface area contributed by atoms with E-state index in [-0.39, 0.29) is 12.5 Å². The number of hydrogen-bond donors (Lipinski definition) is 0. The molecule has 0 saturated carbocycles. The number of nitrogens with zero attached hydrogens (tertiary/aromatic N) is 2. The Hall–Kier alpha value is -3.31. The SMILES string of the molecule is CCOc1cc(/C=C2\SC(=Nc3ccc(CC)cc3)N(c3ccc(CC)cc3)C2=O)cc(I)c1OCC(=O)OC. The topological polar surface area (TPSA) is 77.4 Å². The molecule has 7 nitrogen and oxygen atoms in total. The number of ether oxygens (including phenoxy) is 3. The molecule has 1 amide bonds. The number of amides is 1. The van der Waals surface area contributed by atoms with Crippen LogP contribution in [0.3, 0.4) is 0 Å². The Morgan fingerprint density at radius 3 is 2.23 bits per heavy atom. The van der Waals surface area contributed by atoms with Crippen LogP contribution < -0.4 is 14.4 Å². The average Bonchev–Trinajstić information content (AvgIpc) is 3.26. The van der Waals surface area contributed by atoms with E-state index in [0.717, 1.165) is 33.4 Å². The Morgan fingerprint density at radius 2 is 1.62 bits per heavy atom. The first-order valence-electron chi connectivity index (χ1n) is 13.0. The monoisotopic (exact) mass is 670 g/mol. The Kier molecular flexibility index (Phi) is 10.3. The molecule has 3 aromatic carbocycles. The van der Waals surface area contributed by atoms with E-state index in [9.17, 15) is 9.59 Å². The number of methoxy groups -OCH3 is 1. The summed E-state index contributed by atoms with van der Waals surface area (Å²) < 4.78 is 16.9. The van der Waals surface area contributed by atoms with E-state index in [0.29, 0.717) is 28.2 Å². The molecule has 0 spiro atoms. The Balaban J connectivity index is 1.72. The number of aliphatic imine (C=N–C) groups is 1. The Bertz CT molecular complexity index is 1440. The summed E-state index contributed by atoms with van der Waals surface area (Å²) in [7, 11) is 1.31. The molecule has 1 saturated heterocycles. The summed E-state index contributed by atoms with van der Waals surface area (Å²) in [5.74, 6) is 0.297. The van der Waals surface area contributed by atoms with Crippen LogP contribution in [0.25, 0.3) is 6.08 Å². The second-order valence-corrected chi connectivity index (χ2v) is 11.0. The molecular weight excluding hydrogens is 639 g/mol. The van der Waals surface area contributed by atoms with Crippen LogP contribution in [0.5, 0.6) is 11.5 Å². The van der Waals surface area contributed by atoms with E-state index in [2.05, 4.69) is 53.3 Å². The molecule has 1 aliphatic heterocycles. The zero-order valence-corrected chi connectivity index (χ0v) is 25.9. The molecule has 0 atom stereocenters. The lowest BCUT2D eigenvalue weighted by Gasteiger charge is -2.16. The summed E-state index contributed by atoms with van der Waals surface area (Å²) in [5.41, 5.74) is 4.73. The molecule has 1 heterocycles. The smallest absolute Gasteiger partial charge is 0.343 e. The quantitative estimate of drug-likeness (QED) is 0.129. The lowest BCUT2D eigenvalue weighted by atomic mass is 10.1. The van der Waals surface area contributed by atoms with E-state index >= 15 is 0 Å². The lowest BCUT2D eigenvalue weighted by Crippen LogP contribution is -2.28. The van der Waals surface area contributed by atoms with Crippen LogP contribution >= 0.6 is 34.4 Å². The summed E-state index contributed by atoms with van der Waals surface area (Å²) >= 11 is 3.46. The standard InChI is InChI=1S/C31H31IN2O5S/c1-5-20-8-12-23(13-9-20)33-31-34(24-14-10-21(6-2)11-15-24)30(36)27(40-31)18-22-16-25(32)29(26(17-22)38-7-3)39-19-28(35)37-4/h8-18H,5-7,19H2,1-4H3/b27-18-,33-31?. The highest BCUT2D eigenvalue weighted by Crippen LogP contribution is 2.40. The van der Waals surface area contributed by atoms with Crippen molar-refractivity contribution in [3.05, 3.63) is 85.8 Å². The summed E-state index contributed by atoms with van der Waals surface area (Å²) in [4.78, 5) is 32.5. The summed E-state index contributed by atoms with van der Waals surface area (Å²) in [6.45, 7) is 6.26. The molecule has 0 aromatic heterocycles. The fourth-order valence-electron chi connectivity index (χ4n) is 3.99. The van der Waals surface area contributed by atoms with Crippen LogP contribution in [0.1, 0.15) is 37.5 Å². The third kappa shape index (κ3) is 7.06. The van der Waals surface area contributed by atoms with Crippen LogP contribution in [0.15, 0.2) is 70.6 Å². The zero-order valence-electron chi connectivity index (χ0n) is 22.9. The van der Waals surface area contributed by atoms with Gasteiger partial charge in [0.15, 0.2) is 23.3 Å². The Morgan fingerprint density at radius 1 is 0.975 bits per heavy atom. The van der Waals surface area contributed by atoms with Gasteiger partial charge in [0, 0.05) is 0 Å². The van der Waals surface area contributed by atoms with Gasteiger partial charge in [-0.25, -0.2) is 9.79 Å². The van der Waals surface area contributed by atoms with Gasteiger partial charge in [0.25, 0.3) is 5.91 Å². The van der Waals surface area contributed by atoms with Crippen molar-refractivity contribution < 1.29 is 23.8 Å². The number of esters is 1. The number of hydrogen-bond acceptors (Lipinski definition) is 7. The van der Waals surface area contributed by atoms with Gasteiger partial charge in [0.1, 0.15) is 0 Å². The number of carbonyl (C=O) groups excluding carboxylic acids is 2. The molecule has 40 heavy (non-hydrogen) atoms. The maximum atomic E-state index is 13.8. The summed E-state index contributed by atoms with van der Waals surface area (Å²) in [5, 5.41) is 0.586. The van der Waals surface area contributed by atoms with Crippen LogP contribution in [0.2, 0.25) is 0 Å². The number of benzene rings is 3. The molecule has 0 N–H and O–H groups in total. The van der Waals surface area contributed by atoms with E-state index in [1.54, 1.807) is 11.0 Å². The third-order valence-corrected chi connectivity index (χ3v) is 7.94. The highest BCUT2D eigenvalue weighted by atomic mass is 127. The fourth-order valence-corrected chi connectivity index (χ4v) is 5.77. The van der Waals surface area contributed by atoms with Gasteiger partial charge in [-0.05, 0) is 113 Å².